The molecular weight excluding hydrogens is 400 g/mol. The lowest BCUT2D eigenvalue weighted by Gasteiger charge is -2.41. The highest BCUT2D eigenvalue weighted by molar-refractivity contribution is 6.74. The van der Waals surface area contributed by atoms with Gasteiger partial charge in [0.2, 0.25) is 0 Å². The van der Waals surface area contributed by atoms with Gasteiger partial charge in [-0.1, -0.05) is 93.6 Å². The van der Waals surface area contributed by atoms with E-state index in [-0.39, 0.29) is 17.2 Å². The van der Waals surface area contributed by atoms with Crippen molar-refractivity contribution in [2.75, 3.05) is 0 Å². The number of allylic oxidation sites excluding steroid dienone is 2. The molecule has 0 spiro atoms. The van der Waals surface area contributed by atoms with Gasteiger partial charge in [0.05, 0.1) is 12.7 Å². The van der Waals surface area contributed by atoms with Crippen LogP contribution in [0.5, 0.6) is 0 Å². The van der Waals surface area contributed by atoms with Gasteiger partial charge in [0.15, 0.2) is 8.32 Å². The molecule has 0 bridgehead atoms. The molecule has 0 N–H and O–H groups in total. The fourth-order valence-corrected chi connectivity index (χ4v) is 4.47. The van der Waals surface area contributed by atoms with E-state index in [2.05, 4.69) is 70.3 Å². The summed E-state index contributed by atoms with van der Waals surface area (Å²) in [5.41, 5.74) is 2.31. The van der Waals surface area contributed by atoms with Crippen LogP contribution in [0.4, 0.5) is 0 Å². The second kappa shape index (κ2) is 10.4. The predicted molar refractivity (Wildman–Crippen MR) is 130 cm³/mol. The maximum atomic E-state index is 6.91. The van der Waals surface area contributed by atoms with Crippen molar-refractivity contribution >= 4 is 8.32 Å². The van der Waals surface area contributed by atoms with Crippen LogP contribution in [0.25, 0.3) is 0 Å². The standard InChI is InChI=1S/C27H36O3Si/c1-27(2,3)31(4,5)30-26-24(28-20-22-14-8-6-9-15-22)18-12-13-19-25(26)29-21-23-16-10-7-11-17-23/h6-18,25-26H,19-21H2,1-5H3/t25-,26-/m0/s1. The zero-order valence-corrected chi connectivity index (χ0v) is 20.5. The van der Waals surface area contributed by atoms with Gasteiger partial charge in [-0.15, -0.1) is 0 Å². The van der Waals surface area contributed by atoms with E-state index in [1.54, 1.807) is 0 Å². The average molecular weight is 437 g/mol. The third-order valence-electron chi connectivity index (χ3n) is 6.17. The molecule has 3 rings (SSSR count). The van der Waals surface area contributed by atoms with E-state index in [9.17, 15) is 0 Å². The van der Waals surface area contributed by atoms with E-state index in [4.69, 9.17) is 13.9 Å². The van der Waals surface area contributed by atoms with Crippen molar-refractivity contribution in [1.82, 2.24) is 0 Å². The molecule has 1 aliphatic rings. The normalized spacial score (nSPS) is 19.6. The highest BCUT2D eigenvalue weighted by atomic mass is 28.4. The van der Waals surface area contributed by atoms with Crippen LogP contribution in [-0.2, 0) is 27.1 Å². The first-order chi connectivity index (χ1) is 14.8. The summed E-state index contributed by atoms with van der Waals surface area (Å²) < 4.78 is 19.7. The Bertz CT molecular complexity index is 866. The Kier molecular flexibility index (Phi) is 7.93. The molecule has 2 atom stereocenters. The van der Waals surface area contributed by atoms with E-state index in [0.29, 0.717) is 13.2 Å². The third-order valence-corrected chi connectivity index (χ3v) is 10.6. The summed E-state index contributed by atoms with van der Waals surface area (Å²) in [5, 5.41) is 0.0985. The molecule has 166 valence electrons. The molecule has 0 aromatic heterocycles. The van der Waals surface area contributed by atoms with Crippen LogP contribution in [0.1, 0.15) is 38.3 Å². The molecule has 1 aliphatic carbocycles. The lowest BCUT2D eigenvalue weighted by molar-refractivity contribution is -0.0449. The van der Waals surface area contributed by atoms with Gasteiger partial charge in [-0.2, -0.15) is 0 Å². The SMILES string of the molecule is CC(C)(C)[Si](C)(C)O[C@H]1C(OCc2ccccc2)=CC=CC[C@@H]1OCc1ccccc1. The molecule has 0 aliphatic heterocycles. The van der Waals surface area contributed by atoms with E-state index >= 15 is 0 Å². The minimum atomic E-state index is -2.04. The van der Waals surface area contributed by atoms with Crippen molar-refractivity contribution in [3.05, 3.63) is 95.8 Å². The lowest BCUT2D eigenvalue weighted by atomic mass is 10.1. The predicted octanol–water partition coefficient (Wildman–Crippen LogP) is 7.02. The van der Waals surface area contributed by atoms with Crippen molar-refractivity contribution in [2.24, 2.45) is 0 Å². The van der Waals surface area contributed by atoms with Crippen molar-refractivity contribution in [1.29, 1.82) is 0 Å². The van der Waals surface area contributed by atoms with E-state index in [1.807, 2.05) is 42.5 Å². The minimum Gasteiger partial charge on any atom is -0.490 e. The molecule has 0 amide bonds. The minimum absolute atomic E-state index is 0.0985. The molecule has 0 radical (unpaired) electrons. The van der Waals surface area contributed by atoms with Crippen molar-refractivity contribution in [3.63, 3.8) is 0 Å². The Balaban J connectivity index is 1.81. The molecule has 0 saturated heterocycles. The molecule has 4 heteroatoms. The largest absolute Gasteiger partial charge is 0.490 e. The van der Waals surface area contributed by atoms with Crippen LogP contribution >= 0.6 is 0 Å². The molecular formula is C27H36O3Si. The van der Waals surface area contributed by atoms with Gasteiger partial charge in [0.25, 0.3) is 0 Å². The highest BCUT2D eigenvalue weighted by Crippen LogP contribution is 2.39. The number of ether oxygens (including phenoxy) is 2. The molecule has 31 heavy (non-hydrogen) atoms. The number of rotatable bonds is 8. The number of hydrogen-bond acceptors (Lipinski definition) is 3. The van der Waals surface area contributed by atoms with Crippen LogP contribution in [0.3, 0.4) is 0 Å². The van der Waals surface area contributed by atoms with Crippen molar-refractivity contribution in [3.8, 4) is 0 Å². The Morgan fingerprint density at radius 2 is 1.45 bits per heavy atom. The van der Waals surface area contributed by atoms with E-state index in [0.717, 1.165) is 23.3 Å². The van der Waals surface area contributed by atoms with Crippen LogP contribution in [0.2, 0.25) is 18.1 Å². The second-order valence-corrected chi connectivity index (χ2v) is 14.4. The zero-order chi connectivity index (χ0) is 22.3. The highest BCUT2D eigenvalue weighted by Gasteiger charge is 2.42. The molecule has 2 aromatic rings. The maximum absolute atomic E-state index is 6.91. The second-order valence-electron chi connectivity index (χ2n) is 9.64. The zero-order valence-electron chi connectivity index (χ0n) is 19.5. The van der Waals surface area contributed by atoms with Crippen molar-refractivity contribution < 1.29 is 13.9 Å². The fourth-order valence-electron chi connectivity index (χ4n) is 3.21. The first-order valence-corrected chi connectivity index (χ1v) is 14.0. The van der Waals surface area contributed by atoms with E-state index < -0.39 is 8.32 Å². The Morgan fingerprint density at radius 1 is 0.871 bits per heavy atom. The lowest BCUT2D eigenvalue weighted by Crippen LogP contribution is -2.48. The quantitative estimate of drug-likeness (QED) is 0.416. The molecule has 0 saturated carbocycles. The van der Waals surface area contributed by atoms with Gasteiger partial charge in [-0.05, 0) is 41.8 Å². The van der Waals surface area contributed by atoms with Crippen LogP contribution in [-0.4, -0.2) is 20.5 Å². The summed E-state index contributed by atoms with van der Waals surface area (Å²) in [6, 6.07) is 20.6. The first kappa shape index (κ1) is 23.5. The number of benzene rings is 2. The number of hydrogen-bond donors (Lipinski definition) is 0. The summed E-state index contributed by atoms with van der Waals surface area (Å²) in [4.78, 5) is 0. The molecule has 0 fully saturated rings. The monoisotopic (exact) mass is 436 g/mol. The maximum Gasteiger partial charge on any atom is 0.193 e. The van der Waals surface area contributed by atoms with Gasteiger partial charge in [0.1, 0.15) is 18.5 Å². The van der Waals surface area contributed by atoms with E-state index in [1.165, 1.54) is 0 Å². The fraction of sp³-hybridized carbons (Fsp3) is 0.407. The van der Waals surface area contributed by atoms with Gasteiger partial charge in [-0.3, -0.25) is 0 Å². The molecule has 0 unspecified atom stereocenters. The Morgan fingerprint density at radius 3 is 2.03 bits per heavy atom. The van der Waals surface area contributed by atoms with Gasteiger partial charge < -0.3 is 13.9 Å². The molecule has 2 aromatic carbocycles. The molecule has 0 heterocycles. The summed E-state index contributed by atoms with van der Waals surface area (Å²) >= 11 is 0. The summed E-state index contributed by atoms with van der Waals surface area (Å²) in [7, 11) is -2.04. The summed E-state index contributed by atoms with van der Waals surface area (Å²) in [5.74, 6) is 0.848. The van der Waals surface area contributed by atoms with Crippen molar-refractivity contribution in [2.45, 2.75) is 70.7 Å². The average Bonchev–Trinajstić information content (AvgIpc) is 2.93. The topological polar surface area (TPSA) is 27.7 Å². The first-order valence-electron chi connectivity index (χ1n) is 11.1. The smallest absolute Gasteiger partial charge is 0.193 e. The summed E-state index contributed by atoms with van der Waals surface area (Å²) in [6.45, 7) is 12.4. The Labute approximate surface area is 188 Å². The Hall–Kier alpha value is -2.14. The van der Waals surface area contributed by atoms with Crippen LogP contribution in [0.15, 0.2) is 84.7 Å². The molecule has 3 nitrogen and oxygen atoms in total. The summed E-state index contributed by atoms with van der Waals surface area (Å²) in [6.07, 6.45) is 6.72. The van der Waals surface area contributed by atoms with Gasteiger partial charge in [-0.25, -0.2) is 0 Å². The van der Waals surface area contributed by atoms with Gasteiger partial charge >= 0.3 is 0 Å². The van der Waals surface area contributed by atoms with Crippen LogP contribution < -0.4 is 0 Å². The van der Waals surface area contributed by atoms with Crippen LogP contribution in [0, 0.1) is 0 Å². The van der Waals surface area contributed by atoms with Gasteiger partial charge in [0, 0.05) is 0 Å². The third kappa shape index (κ3) is 6.67.